The van der Waals surface area contributed by atoms with E-state index in [-0.39, 0.29) is 5.69 Å². The Balaban J connectivity index is 2.84. The fourth-order valence-corrected chi connectivity index (χ4v) is 5.96. The lowest BCUT2D eigenvalue weighted by atomic mass is 10.2. The molecular weight excluding hydrogens is 312 g/mol. The van der Waals surface area contributed by atoms with Crippen LogP contribution in [0.1, 0.15) is 0 Å². The zero-order chi connectivity index (χ0) is 15.3. The van der Waals surface area contributed by atoms with Gasteiger partial charge in [0.2, 0.25) is 0 Å². The summed E-state index contributed by atoms with van der Waals surface area (Å²) in [6, 6.07) is 1.54. The van der Waals surface area contributed by atoms with Crippen molar-refractivity contribution in [3.05, 3.63) is 32.4 Å². The Hall–Kier alpha value is -1.92. The molecule has 0 unspecified atom stereocenters. The largest absolute Gasteiger partial charge is 0.329 e. The van der Waals surface area contributed by atoms with Gasteiger partial charge in [0.05, 0.1) is 15.9 Å². The highest BCUT2D eigenvalue weighted by Gasteiger charge is 2.38. The van der Waals surface area contributed by atoms with E-state index in [4.69, 9.17) is 0 Å². The van der Waals surface area contributed by atoms with E-state index in [0.717, 1.165) is 12.1 Å². The van der Waals surface area contributed by atoms with Crippen LogP contribution in [-0.4, -0.2) is 30.8 Å². The van der Waals surface area contributed by atoms with Gasteiger partial charge in [-0.05, 0) is 12.5 Å². The highest BCUT2D eigenvalue weighted by atomic mass is 32.3. The SMILES string of the molecule is CS1(C)Nc2c([N+](=O)[O-])cc([N+](=O)[O-])cc2S(=O)(=O)N1. The molecule has 1 heterocycles. The summed E-state index contributed by atoms with van der Waals surface area (Å²) in [6.45, 7) is 0. The Kier molecular flexibility index (Phi) is 3.11. The van der Waals surface area contributed by atoms with Crippen LogP contribution in [0.4, 0.5) is 17.1 Å². The third-order valence-corrected chi connectivity index (χ3v) is 6.60. The van der Waals surface area contributed by atoms with Crippen molar-refractivity contribution in [1.29, 1.82) is 0 Å². The monoisotopic (exact) mass is 322 g/mol. The molecule has 1 aliphatic heterocycles. The molecule has 0 saturated carbocycles. The van der Waals surface area contributed by atoms with E-state index in [1.165, 1.54) is 0 Å². The molecule has 0 fully saturated rings. The van der Waals surface area contributed by atoms with Crippen molar-refractivity contribution < 1.29 is 18.3 Å². The number of fused-ring (bicyclic) bond motifs is 1. The second-order valence-corrected chi connectivity index (χ2v) is 9.34. The van der Waals surface area contributed by atoms with Gasteiger partial charge in [0.25, 0.3) is 15.7 Å². The Bertz CT molecular complexity index is 729. The zero-order valence-electron chi connectivity index (χ0n) is 10.3. The van der Waals surface area contributed by atoms with Crippen molar-refractivity contribution >= 4 is 37.5 Å². The van der Waals surface area contributed by atoms with E-state index in [1.807, 2.05) is 0 Å². The number of nitrogens with zero attached hydrogens (tertiary/aromatic N) is 2. The standard InChI is InChI=1S/C8H10N4O6S2/c1-19(2)9-8-6(12(15)16)3-5(11(13)14)4-7(8)20(17,18)10-19/h3-4,9-10H,1-2H3. The van der Waals surface area contributed by atoms with Crippen LogP contribution < -0.4 is 8.85 Å². The van der Waals surface area contributed by atoms with Gasteiger partial charge in [-0.3, -0.25) is 20.2 Å². The molecule has 0 aliphatic carbocycles. The summed E-state index contributed by atoms with van der Waals surface area (Å²) in [6.07, 6.45) is 3.11. The molecule has 0 radical (unpaired) electrons. The van der Waals surface area contributed by atoms with Crippen LogP contribution in [0.3, 0.4) is 0 Å². The van der Waals surface area contributed by atoms with Crippen LogP contribution in [0.25, 0.3) is 0 Å². The summed E-state index contributed by atoms with van der Waals surface area (Å²) >= 11 is 0. The molecule has 1 aliphatic rings. The molecule has 0 bridgehead atoms. The first-order valence-corrected chi connectivity index (χ1v) is 8.98. The number of hydrogen-bond donors (Lipinski definition) is 2. The van der Waals surface area contributed by atoms with Gasteiger partial charge < -0.3 is 4.72 Å². The van der Waals surface area contributed by atoms with Gasteiger partial charge in [0.1, 0.15) is 10.6 Å². The third-order valence-electron chi connectivity index (χ3n) is 2.44. The third kappa shape index (κ3) is 2.39. The van der Waals surface area contributed by atoms with Crippen molar-refractivity contribution in [2.75, 3.05) is 17.2 Å². The molecular formula is C8H10N4O6S2. The quantitative estimate of drug-likeness (QED) is 0.612. The molecule has 0 saturated heterocycles. The number of non-ortho nitro benzene ring substituents is 1. The number of nitro benzene ring substituents is 2. The zero-order valence-corrected chi connectivity index (χ0v) is 11.9. The first-order valence-electron chi connectivity index (χ1n) is 5.05. The normalized spacial score (nSPS) is 20.3. The Morgan fingerprint density at radius 1 is 1.10 bits per heavy atom. The van der Waals surface area contributed by atoms with E-state index in [2.05, 4.69) is 8.85 Å². The minimum Gasteiger partial charge on any atom is -0.329 e. The maximum Gasteiger partial charge on any atom is 0.301 e. The molecule has 10 nitrogen and oxygen atoms in total. The number of nitro groups is 2. The van der Waals surface area contributed by atoms with Gasteiger partial charge >= 0.3 is 5.69 Å². The molecule has 0 atom stereocenters. The van der Waals surface area contributed by atoms with Gasteiger partial charge in [-0.15, -0.1) is 10.4 Å². The fraction of sp³-hybridized carbons (Fsp3) is 0.250. The Labute approximate surface area is 115 Å². The second kappa shape index (κ2) is 4.29. The molecule has 0 aromatic heterocycles. The van der Waals surface area contributed by atoms with Gasteiger partial charge in [-0.25, -0.2) is 8.42 Å². The van der Waals surface area contributed by atoms with Crippen LogP contribution in [0.15, 0.2) is 17.0 Å². The smallest absolute Gasteiger partial charge is 0.301 e. The van der Waals surface area contributed by atoms with Crippen molar-refractivity contribution in [2.45, 2.75) is 4.90 Å². The lowest BCUT2D eigenvalue weighted by Crippen LogP contribution is -2.36. The predicted octanol–water partition coefficient (Wildman–Crippen LogP) is 1.10. The van der Waals surface area contributed by atoms with E-state index in [9.17, 15) is 28.6 Å². The summed E-state index contributed by atoms with van der Waals surface area (Å²) in [5.74, 6) is 0. The van der Waals surface area contributed by atoms with E-state index >= 15 is 0 Å². The van der Waals surface area contributed by atoms with Crippen LogP contribution in [0.5, 0.6) is 0 Å². The van der Waals surface area contributed by atoms with Crippen LogP contribution in [0.2, 0.25) is 0 Å². The molecule has 0 amide bonds. The maximum absolute atomic E-state index is 12.1. The number of rotatable bonds is 2. The first kappa shape index (κ1) is 14.5. The maximum atomic E-state index is 12.1. The number of hydrogen-bond acceptors (Lipinski definition) is 7. The molecule has 20 heavy (non-hydrogen) atoms. The summed E-state index contributed by atoms with van der Waals surface area (Å²) in [5.41, 5.74) is -1.52. The molecule has 0 spiro atoms. The van der Waals surface area contributed by atoms with Gasteiger partial charge in [-0.2, -0.15) is 4.13 Å². The second-order valence-electron chi connectivity index (χ2n) is 4.37. The van der Waals surface area contributed by atoms with Gasteiger partial charge in [0, 0.05) is 6.07 Å². The van der Waals surface area contributed by atoms with E-state index in [0.29, 0.717) is 0 Å². The van der Waals surface area contributed by atoms with Crippen LogP contribution >= 0.6 is 10.4 Å². The molecule has 1 aromatic carbocycles. The topological polar surface area (TPSA) is 144 Å². The van der Waals surface area contributed by atoms with Crippen molar-refractivity contribution in [2.24, 2.45) is 0 Å². The Morgan fingerprint density at radius 3 is 2.20 bits per heavy atom. The number of nitrogens with one attached hydrogen (secondary N) is 2. The summed E-state index contributed by atoms with van der Waals surface area (Å²) in [5, 5.41) is 21.8. The van der Waals surface area contributed by atoms with E-state index in [1.54, 1.807) is 12.5 Å². The van der Waals surface area contributed by atoms with Crippen molar-refractivity contribution in [3.63, 3.8) is 0 Å². The highest BCUT2D eigenvalue weighted by Crippen LogP contribution is 2.49. The lowest BCUT2D eigenvalue weighted by Gasteiger charge is -2.37. The minimum absolute atomic E-state index is 0.223. The lowest BCUT2D eigenvalue weighted by molar-refractivity contribution is -0.393. The molecule has 2 N–H and O–H groups in total. The minimum atomic E-state index is -4.05. The molecule has 12 heteroatoms. The van der Waals surface area contributed by atoms with Crippen molar-refractivity contribution in [3.8, 4) is 0 Å². The van der Waals surface area contributed by atoms with Crippen molar-refractivity contribution in [1.82, 2.24) is 4.13 Å². The summed E-state index contributed by atoms with van der Waals surface area (Å²) in [4.78, 5) is 19.5. The fourth-order valence-electron chi connectivity index (χ4n) is 1.75. The molecule has 110 valence electrons. The first-order chi connectivity index (χ1) is 9.03. The summed E-state index contributed by atoms with van der Waals surface area (Å²) in [7, 11) is -6.10. The number of anilines is 1. The summed E-state index contributed by atoms with van der Waals surface area (Å²) < 4.78 is 29.2. The van der Waals surface area contributed by atoms with Crippen LogP contribution in [0, 0.1) is 20.2 Å². The predicted molar refractivity (Wildman–Crippen MR) is 73.1 cm³/mol. The number of benzene rings is 1. The van der Waals surface area contributed by atoms with Gasteiger partial charge in [-0.1, -0.05) is 0 Å². The average Bonchev–Trinajstić information content (AvgIpc) is 2.24. The molecule has 2 rings (SSSR count). The van der Waals surface area contributed by atoms with E-state index < -0.39 is 46.5 Å². The van der Waals surface area contributed by atoms with Crippen LogP contribution in [-0.2, 0) is 10.0 Å². The average molecular weight is 322 g/mol. The van der Waals surface area contributed by atoms with Gasteiger partial charge in [0.15, 0.2) is 0 Å². The number of sulfonamides is 1. The highest BCUT2D eigenvalue weighted by molar-refractivity contribution is 8.36. The molecule has 1 aromatic rings. The Morgan fingerprint density at radius 2 is 1.70 bits per heavy atom.